The largest absolute Gasteiger partial charge is 0.870 e. The minimum Gasteiger partial charge on any atom is -0.870 e. The molecule has 0 spiro atoms. The zero-order chi connectivity index (χ0) is 14.0. The third kappa shape index (κ3) is 256. The molecule has 0 saturated heterocycles. The fraction of sp³-hybridized carbons (Fsp3) is 1.00. The Kier molecular flexibility index (Phi) is 225. The van der Waals surface area contributed by atoms with Crippen molar-refractivity contribution in [1.29, 1.82) is 0 Å². The van der Waals surface area contributed by atoms with Crippen LogP contribution in [0.3, 0.4) is 0 Å². The first-order valence-corrected chi connectivity index (χ1v) is 9.87. The van der Waals surface area contributed by atoms with Gasteiger partial charge in [0.15, 0.2) is 0 Å². The Balaban J connectivity index is -0.0000000102. The second-order valence-electron chi connectivity index (χ2n) is 1.59. The molecule has 0 fully saturated rings. The van der Waals surface area contributed by atoms with Crippen molar-refractivity contribution in [2.45, 2.75) is 12.6 Å². The van der Waals surface area contributed by atoms with Crippen molar-refractivity contribution >= 4 is 40.4 Å². The van der Waals surface area contributed by atoms with Crippen molar-refractivity contribution in [2.75, 3.05) is 13.1 Å². The Labute approximate surface area is 167 Å². The Morgan fingerprint density at radius 1 is 0.773 bits per heavy atom. The van der Waals surface area contributed by atoms with Crippen LogP contribution in [0, 0.1) is 0 Å². The van der Waals surface area contributed by atoms with Gasteiger partial charge < -0.3 is 59.3 Å². The Bertz CT molecular complexity index is 99.3. The molecule has 2 atom stereocenters. The van der Waals surface area contributed by atoms with E-state index >= 15 is 0 Å². The van der Waals surface area contributed by atoms with Crippen LogP contribution in [0.5, 0.6) is 0 Å². The average Bonchev–Trinajstić information content (AvgIpc) is 2.21. The van der Waals surface area contributed by atoms with Crippen LogP contribution in [0.2, 0.25) is 0 Å². The average molecular weight is 554 g/mol. The van der Waals surface area contributed by atoms with Crippen LogP contribution in [0.4, 0.5) is 0 Å². The van der Waals surface area contributed by atoms with E-state index in [2.05, 4.69) is 11.5 Å². The summed E-state index contributed by atoms with van der Waals surface area (Å²) in [5, 5.41) is 34.3. The van der Waals surface area contributed by atoms with Crippen molar-refractivity contribution in [3.63, 3.8) is 0 Å². The first kappa shape index (κ1) is 64.5. The van der Waals surface area contributed by atoms with Gasteiger partial charge in [-0.05, 0) is 0 Å². The van der Waals surface area contributed by atoms with Gasteiger partial charge in [-0.2, -0.15) is 0 Å². The molecule has 0 amide bonds. The zero-order valence-electron chi connectivity index (χ0n) is 11.1. The molecule has 0 aliphatic carbocycles. The summed E-state index contributed by atoms with van der Waals surface area (Å²) < 4.78 is 0. The summed E-state index contributed by atoms with van der Waals surface area (Å²) >= 11 is 0.0139. The van der Waals surface area contributed by atoms with E-state index in [0.29, 0.717) is 0 Å². The maximum atomic E-state index is 9.39. The normalized spacial score (nSPS) is 8.45. The molecule has 0 aromatic carbocycles. The van der Waals surface area contributed by atoms with Crippen molar-refractivity contribution in [2.24, 2.45) is 0 Å². The fourth-order valence-electron chi connectivity index (χ4n) is 0. The maximum absolute atomic E-state index is 9.39. The third-order valence-corrected chi connectivity index (χ3v) is 0.494. The van der Waals surface area contributed by atoms with E-state index in [-0.39, 0.29) is 83.8 Å². The summed E-state index contributed by atoms with van der Waals surface area (Å²) in [5.74, 6) is 0. The molecule has 153 valence electrons. The van der Waals surface area contributed by atoms with Gasteiger partial charge >= 0.3 is 66.7 Å². The smallest absolute Gasteiger partial charge is 0.0850 e. The van der Waals surface area contributed by atoms with Crippen LogP contribution in [0.25, 0.3) is 0 Å². The predicted molar refractivity (Wildman–Crippen MR) is 72.4 cm³/mol. The van der Waals surface area contributed by atoms with Gasteiger partial charge in [0.25, 0.3) is 0 Å². The Hall–Kier alpha value is 2.28. The third-order valence-electron chi connectivity index (χ3n) is 0.494. The van der Waals surface area contributed by atoms with Gasteiger partial charge in [-0.15, -0.1) is 0 Å². The number of hydrogen-bond donors (Lipinski definition) is 4. The van der Waals surface area contributed by atoms with E-state index in [1.807, 2.05) is 0 Å². The molecule has 0 heterocycles. The number of aliphatic hydroxyl groups is 2. The number of halogens is 4. The van der Waals surface area contributed by atoms with Gasteiger partial charge in [0.2, 0.25) is 0 Å². The number of hydrogen-bond acceptors (Lipinski definition) is 5. The standard InChI is InChI=1S/2C2H6NO2.4ClH.3Mn.5H2O/c2*3-1-2(4)5;;;;;;;;;;;;/h2*2,4H,1,3H2;4*1H;;;;5*1H2/q2*-1;;;;;;2*+2;;;;;/p+1. The van der Waals surface area contributed by atoms with Crippen molar-refractivity contribution in [3.8, 4) is 0 Å². The van der Waals surface area contributed by atoms with Crippen molar-refractivity contribution in [3.05, 3.63) is 0 Å². The molecular weight excluding hydrogens is 527 g/mol. The summed E-state index contributed by atoms with van der Waals surface area (Å²) in [5.41, 5.74) is 6.25. The van der Waals surface area contributed by atoms with E-state index in [4.69, 9.17) is 50.6 Å². The Morgan fingerprint density at radius 3 is 0.818 bits per heavy atom. The summed E-state index contributed by atoms with van der Waals surface area (Å²) in [6, 6.07) is 0. The molecule has 0 bridgehead atoms. The summed E-state index contributed by atoms with van der Waals surface area (Å²) in [7, 11) is 19.2. The molecule has 0 aliphatic heterocycles. The number of aliphatic hydroxyl groups excluding tert-OH is 2. The van der Waals surface area contributed by atoms with Crippen molar-refractivity contribution in [1.82, 2.24) is 0 Å². The van der Waals surface area contributed by atoms with Crippen LogP contribution in [0.1, 0.15) is 0 Å². The first-order chi connectivity index (χ1) is 7.37. The quantitative estimate of drug-likeness (QED) is 0.147. The van der Waals surface area contributed by atoms with E-state index in [1.165, 1.54) is 0 Å². The SMILES string of the molecule is [Cl][Mn][Cl].[Cl][Mn][Cl].[Mn].[NH3+]CC([O-])O.[NH3+]CC([O-])O.[OH-].[OH3+].[OH3+].[OH3+].[OH3+]. The summed E-state index contributed by atoms with van der Waals surface area (Å²) in [6.07, 6.45) is -2.95. The van der Waals surface area contributed by atoms with E-state index < -0.39 is 12.6 Å². The molecule has 1 radical (unpaired) electrons. The molecule has 0 saturated carbocycles. The topological polar surface area (TPSA) is 304 Å². The van der Waals surface area contributed by atoms with Gasteiger partial charge in [0, 0.05) is 29.6 Å². The van der Waals surface area contributed by atoms with Crippen LogP contribution >= 0.6 is 40.4 Å². The summed E-state index contributed by atoms with van der Waals surface area (Å²) in [6.45, 7) is 0.111. The minimum absolute atomic E-state index is 0. The second kappa shape index (κ2) is 76.6. The molecule has 0 aliphatic rings. The fourth-order valence-corrected chi connectivity index (χ4v) is 0. The van der Waals surface area contributed by atoms with Gasteiger partial charge in [0.1, 0.15) is 0 Å². The number of rotatable bonds is 2. The van der Waals surface area contributed by atoms with E-state index in [9.17, 15) is 10.2 Å². The van der Waals surface area contributed by atoms with Gasteiger partial charge in [-0.1, -0.05) is 0 Å². The first-order valence-electron chi connectivity index (χ1n) is 3.38. The molecule has 0 aromatic rings. The predicted octanol–water partition coefficient (Wildman–Crippen LogP) is -7.30. The minimum atomic E-state index is -1.48. The molecule has 0 rings (SSSR count). The van der Waals surface area contributed by atoms with Crippen LogP contribution < -0.4 is 21.7 Å². The van der Waals surface area contributed by atoms with Crippen LogP contribution in [0.15, 0.2) is 0 Å². The summed E-state index contributed by atoms with van der Waals surface area (Å²) in [4.78, 5) is 0. The molecule has 18 heteroatoms. The Morgan fingerprint density at radius 2 is 0.818 bits per heavy atom. The molecule has 21 N–H and O–H groups in total. The maximum Gasteiger partial charge on any atom is 0.0850 e. The molecule has 0 aromatic heterocycles. The molecular formula is C4H27Cl4Mn3N2O9+3. The number of quaternary nitrogens is 2. The van der Waals surface area contributed by atoms with Gasteiger partial charge in [0.05, 0.1) is 13.1 Å². The van der Waals surface area contributed by atoms with E-state index in [1.54, 1.807) is 0 Å². The molecule has 22 heavy (non-hydrogen) atoms. The van der Waals surface area contributed by atoms with Gasteiger partial charge in [-0.25, -0.2) is 0 Å². The molecule has 2 unspecified atom stereocenters. The molecule has 11 nitrogen and oxygen atoms in total. The zero-order valence-corrected chi connectivity index (χ0v) is 17.7. The van der Waals surface area contributed by atoms with Gasteiger partial charge in [-0.3, -0.25) is 0 Å². The monoisotopic (exact) mass is 552 g/mol. The van der Waals surface area contributed by atoms with Crippen LogP contribution in [-0.2, 0) is 65.2 Å². The van der Waals surface area contributed by atoms with Crippen LogP contribution in [-0.4, -0.2) is 41.4 Å². The van der Waals surface area contributed by atoms with E-state index in [0.717, 1.165) is 0 Å². The second-order valence-corrected chi connectivity index (χ2v) is 5.49. The van der Waals surface area contributed by atoms with Crippen molar-refractivity contribution < 1.29 is 103 Å².